The van der Waals surface area contributed by atoms with Crippen LogP contribution in [0.15, 0.2) is 71.9 Å². The normalized spacial score (nSPS) is 20.2. The minimum absolute atomic E-state index is 0.0475. The molecule has 0 aliphatic carbocycles. The lowest BCUT2D eigenvalue weighted by Gasteiger charge is -2.45. The minimum Gasteiger partial charge on any atom is -0.497 e. The van der Waals surface area contributed by atoms with Gasteiger partial charge < -0.3 is 14.2 Å². The van der Waals surface area contributed by atoms with E-state index in [-0.39, 0.29) is 40.4 Å². The number of piperidine rings is 1. The molecule has 1 fully saturated rings. The smallest absolute Gasteiger partial charge is 0.266 e. The summed E-state index contributed by atoms with van der Waals surface area (Å²) < 4.78 is 78.1. The van der Waals surface area contributed by atoms with Crippen molar-refractivity contribution in [1.82, 2.24) is 14.3 Å². The highest BCUT2D eigenvalue weighted by atomic mass is 32.2. The quantitative estimate of drug-likeness (QED) is 0.195. The van der Waals surface area contributed by atoms with Crippen LogP contribution in [0.4, 0.5) is 13.9 Å². The molecule has 13 heteroatoms. The molecule has 9 nitrogen and oxygen atoms in total. The predicted molar refractivity (Wildman–Crippen MR) is 167 cm³/mol. The highest BCUT2D eigenvalue weighted by Crippen LogP contribution is 2.45. The molecular weight excluding hydrogens is 623 g/mol. The van der Waals surface area contributed by atoms with Crippen LogP contribution in [0.5, 0.6) is 17.2 Å². The number of halogens is 2. The highest BCUT2D eigenvalue weighted by molar-refractivity contribution is 7.93. The summed E-state index contributed by atoms with van der Waals surface area (Å²) in [7, 11) is -1.06. The summed E-state index contributed by atoms with van der Waals surface area (Å²) in [5.74, 6) is 1.15. The van der Waals surface area contributed by atoms with Crippen molar-refractivity contribution in [2.45, 2.75) is 42.8 Å². The lowest BCUT2D eigenvalue weighted by molar-refractivity contribution is 0.0394. The Morgan fingerprint density at radius 2 is 1.87 bits per heavy atom. The van der Waals surface area contributed by atoms with Gasteiger partial charge in [-0.25, -0.2) is 22.1 Å². The van der Waals surface area contributed by atoms with Crippen molar-refractivity contribution in [2.75, 3.05) is 38.4 Å². The Bertz CT molecular complexity index is 1720. The maximum Gasteiger partial charge on any atom is 0.266 e. The second kappa shape index (κ2) is 13.3. The Morgan fingerprint density at radius 1 is 1.04 bits per heavy atom. The SMILES string of the molecule is COc1ccc(CN(c2ncns2)S(=O)(=O)c2ccc3c(c2)OCCC3N2CC[C@@H](CF)C[C@H]2c2ccc(F)cc2)c(OC)c1. The number of nitrogens with zero attached hydrogens (tertiary/aromatic N) is 4. The topological polar surface area (TPSA) is 94.1 Å². The summed E-state index contributed by atoms with van der Waals surface area (Å²) in [5.41, 5.74) is 2.42. The van der Waals surface area contributed by atoms with Crippen LogP contribution < -0.4 is 18.5 Å². The predicted octanol–water partition coefficient (Wildman–Crippen LogP) is 6.34. The van der Waals surface area contributed by atoms with Gasteiger partial charge >= 0.3 is 0 Å². The number of methoxy groups -OCH3 is 2. The fourth-order valence-corrected chi connectivity index (χ4v) is 8.38. The number of fused-ring (bicyclic) bond motifs is 1. The van der Waals surface area contributed by atoms with Gasteiger partial charge in [-0.1, -0.05) is 18.2 Å². The number of alkyl halides is 1. The molecule has 0 bridgehead atoms. The number of hydrogen-bond acceptors (Lipinski definition) is 9. The van der Waals surface area contributed by atoms with Gasteiger partial charge in [0, 0.05) is 53.3 Å². The number of sulfonamides is 1. The van der Waals surface area contributed by atoms with E-state index in [4.69, 9.17) is 14.2 Å². The van der Waals surface area contributed by atoms with Crippen molar-refractivity contribution in [3.63, 3.8) is 0 Å². The van der Waals surface area contributed by atoms with Crippen LogP contribution in [-0.4, -0.2) is 56.7 Å². The van der Waals surface area contributed by atoms with E-state index < -0.39 is 16.7 Å². The van der Waals surface area contributed by atoms with E-state index in [1.54, 1.807) is 55.6 Å². The number of rotatable bonds is 10. The van der Waals surface area contributed by atoms with Crippen LogP contribution in [0, 0.1) is 11.7 Å². The van der Waals surface area contributed by atoms with Gasteiger partial charge in [-0.3, -0.25) is 9.29 Å². The van der Waals surface area contributed by atoms with Crippen molar-refractivity contribution in [1.29, 1.82) is 0 Å². The molecule has 0 N–H and O–H groups in total. The Balaban J connectivity index is 1.33. The molecule has 1 aromatic heterocycles. The van der Waals surface area contributed by atoms with E-state index >= 15 is 0 Å². The standard InChI is InChI=1S/C32H34F2N4O5S2/c1-41-25-8-5-23(30(16-25)42-2)19-38(32-35-20-36-44-32)45(39,40)26-9-10-27-28(12-14-43-31(27)17-26)37-13-11-21(18-33)15-29(37)22-3-6-24(34)7-4-22/h3-10,16-17,20-21,28-29H,11-15,18-19H2,1-2H3/t21-,28?,29+/m1/s1. The fourth-order valence-electron chi connectivity index (χ4n) is 6.24. The molecule has 0 saturated carbocycles. The van der Waals surface area contributed by atoms with E-state index in [0.29, 0.717) is 55.2 Å². The molecule has 0 radical (unpaired) electrons. The molecule has 6 rings (SSSR count). The average Bonchev–Trinajstić information content (AvgIpc) is 3.61. The summed E-state index contributed by atoms with van der Waals surface area (Å²) in [6, 6.07) is 16.4. The number of likely N-dealkylation sites (tertiary alicyclic amines) is 1. The Labute approximate surface area is 265 Å². The van der Waals surface area contributed by atoms with Crippen LogP contribution in [0.3, 0.4) is 0 Å². The molecule has 2 aliphatic heterocycles. The second-order valence-electron chi connectivity index (χ2n) is 11.1. The summed E-state index contributed by atoms with van der Waals surface area (Å²) in [6.45, 7) is 0.609. The lowest BCUT2D eigenvalue weighted by atomic mass is 9.85. The third kappa shape index (κ3) is 6.34. The van der Waals surface area contributed by atoms with E-state index in [1.165, 1.54) is 29.9 Å². The monoisotopic (exact) mass is 656 g/mol. The third-order valence-corrected chi connectivity index (χ3v) is 11.1. The first kappa shape index (κ1) is 31.2. The van der Waals surface area contributed by atoms with Crippen molar-refractivity contribution < 1.29 is 31.4 Å². The van der Waals surface area contributed by atoms with E-state index in [0.717, 1.165) is 22.7 Å². The zero-order valence-electron chi connectivity index (χ0n) is 24.9. The lowest BCUT2D eigenvalue weighted by Crippen LogP contribution is -2.41. The first-order valence-electron chi connectivity index (χ1n) is 14.7. The second-order valence-corrected chi connectivity index (χ2v) is 13.7. The fraction of sp³-hybridized carbons (Fsp3) is 0.375. The maximum absolute atomic E-state index is 14.2. The summed E-state index contributed by atoms with van der Waals surface area (Å²) in [4.78, 5) is 6.59. The Hall–Kier alpha value is -3.81. The molecule has 1 saturated heterocycles. The molecule has 4 aromatic rings. The molecule has 3 aromatic carbocycles. The first-order chi connectivity index (χ1) is 21.8. The number of anilines is 1. The highest BCUT2D eigenvalue weighted by Gasteiger charge is 2.38. The largest absolute Gasteiger partial charge is 0.497 e. The van der Waals surface area contributed by atoms with Crippen LogP contribution in [0.2, 0.25) is 0 Å². The van der Waals surface area contributed by atoms with Crippen LogP contribution >= 0.6 is 11.5 Å². The zero-order chi connectivity index (χ0) is 31.6. The van der Waals surface area contributed by atoms with Gasteiger partial charge in [-0.05, 0) is 61.2 Å². The molecular formula is C32H34F2N4O5S2. The summed E-state index contributed by atoms with van der Waals surface area (Å²) >= 11 is 0.974. The molecule has 0 spiro atoms. The maximum atomic E-state index is 14.2. The molecule has 1 unspecified atom stereocenters. The van der Waals surface area contributed by atoms with Crippen molar-refractivity contribution in [3.05, 3.63) is 89.5 Å². The molecule has 2 aliphatic rings. The molecule has 0 amide bonds. The Morgan fingerprint density at radius 3 is 2.58 bits per heavy atom. The molecule has 3 heterocycles. The molecule has 45 heavy (non-hydrogen) atoms. The Kier molecular flexibility index (Phi) is 9.20. The van der Waals surface area contributed by atoms with Crippen LogP contribution in [0.25, 0.3) is 0 Å². The van der Waals surface area contributed by atoms with Gasteiger partial charge in [-0.2, -0.15) is 4.37 Å². The third-order valence-electron chi connectivity index (χ3n) is 8.58. The van der Waals surface area contributed by atoms with Crippen molar-refractivity contribution >= 4 is 26.7 Å². The van der Waals surface area contributed by atoms with Gasteiger partial charge in [0.15, 0.2) is 0 Å². The molecule has 3 atom stereocenters. The van der Waals surface area contributed by atoms with Gasteiger partial charge in [0.2, 0.25) is 5.13 Å². The summed E-state index contributed by atoms with van der Waals surface area (Å²) in [5, 5.41) is 0.210. The van der Waals surface area contributed by atoms with Gasteiger partial charge in [0.25, 0.3) is 10.0 Å². The van der Waals surface area contributed by atoms with Crippen molar-refractivity contribution in [2.24, 2.45) is 5.92 Å². The van der Waals surface area contributed by atoms with Crippen molar-refractivity contribution in [3.8, 4) is 17.2 Å². The molecule has 238 valence electrons. The van der Waals surface area contributed by atoms with Crippen LogP contribution in [0.1, 0.15) is 48.0 Å². The van der Waals surface area contributed by atoms with E-state index in [1.807, 2.05) is 0 Å². The van der Waals surface area contributed by atoms with Gasteiger partial charge in [0.1, 0.15) is 29.4 Å². The summed E-state index contributed by atoms with van der Waals surface area (Å²) in [6.07, 6.45) is 3.33. The average molecular weight is 657 g/mol. The van der Waals surface area contributed by atoms with E-state index in [2.05, 4.69) is 14.3 Å². The number of aromatic nitrogens is 2. The minimum atomic E-state index is -4.12. The van der Waals surface area contributed by atoms with Crippen LogP contribution in [-0.2, 0) is 16.6 Å². The van der Waals surface area contributed by atoms with Gasteiger partial charge in [-0.15, -0.1) is 0 Å². The van der Waals surface area contributed by atoms with E-state index in [9.17, 15) is 17.2 Å². The van der Waals surface area contributed by atoms with Gasteiger partial charge in [0.05, 0.1) is 38.9 Å². The number of ether oxygens (including phenoxy) is 3. The first-order valence-corrected chi connectivity index (χ1v) is 16.9. The number of benzene rings is 3. The zero-order valence-corrected chi connectivity index (χ0v) is 26.6. The number of hydrogen-bond donors (Lipinski definition) is 0.